The lowest BCUT2D eigenvalue weighted by Gasteiger charge is -2.08. The summed E-state index contributed by atoms with van der Waals surface area (Å²) in [5.41, 5.74) is 2.46. The minimum absolute atomic E-state index is 0.710. The molecule has 0 fully saturated rings. The minimum Gasteiger partial charge on any atom is -0.493 e. The second-order valence-electron chi connectivity index (χ2n) is 2.83. The third kappa shape index (κ3) is 2.01. The van der Waals surface area contributed by atoms with Crippen LogP contribution in [-0.2, 0) is 0 Å². The Morgan fingerprint density at radius 3 is 2.58 bits per heavy atom. The van der Waals surface area contributed by atoms with Crippen LogP contribution in [-0.4, -0.2) is 6.61 Å². The summed E-state index contributed by atoms with van der Waals surface area (Å²) >= 11 is 3.49. The summed E-state index contributed by atoms with van der Waals surface area (Å²) in [4.78, 5) is 0. The van der Waals surface area contributed by atoms with E-state index in [2.05, 4.69) is 35.8 Å². The van der Waals surface area contributed by atoms with E-state index in [4.69, 9.17) is 4.74 Å². The molecule has 0 spiro atoms. The Hall–Kier alpha value is -0.500. The van der Waals surface area contributed by atoms with Gasteiger partial charge in [-0.15, -0.1) is 0 Å². The van der Waals surface area contributed by atoms with Crippen LogP contribution in [0.4, 0.5) is 0 Å². The summed E-state index contributed by atoms with van der Waals surface area (Å²) in [6.07, 6.45) is 0. The maximum absolute atomic E-state index is 5.45. The normalized spacial score (nSPS) is 10.0. The van der Waals surface area contributed by atoms with Crippen LogP contribution in [0, 0.1) is 13.8 Å². The number of benzene rings is 1. The highest BCUT2D eigenvalue weighted by Crippen LogP contribution is 2.29. The third-order valence-electron chi connectivity index (χ3n) is 1.67. The Morgan fingerprint density at radius 2 is 2.00 bits per heavy atom. The molecule has 0 aliphatic carbocycles. The van der Waals surface area contributed by atoms with Gasteiger partial charge in [0.15, 0.2) is 0 Å². The molecule has 1 aromatic rings. The average Bonchev–Trinajstić information content (AvgIpc) is 2.00. The van der Waals surface area contributed by atoms with E-state index >= 15 is 0 Å². The third-order valence-corrected chi connectivity index (χ3v) is 2.68. The first-order valence-electron chi connectivity index (χ1n) is 4.04. The van der Waals surface area contributed by atoms with Crippen molar-refractivity contribution in [3.63, 3.8) is 0 Å². The lowest BCUT2D eigenvalue weighted by atomic mass is 10.1. The molecule has 0 unspecified atom stereocenters. The maximum Gasteiger partial charge on any atom is 0.133 e. The molecule has 0 heterocycles. The molecule has 0 atom stereocenters. The molecule has 12 heavy (non-hydrogen) atoms. The van der Waals surface area contributed by atoms with E-state index in [1.54, 1.807) is 0 Å². The van der Waals surface area contributed by atoms with Gasteiger partial charge in [-0.3, -0.25) is 0 Å². The quantitative estimate of drug-likeness (QED) is 0.754. The fourth-order valence-corrected chi connectivity index (χ4v) is 1.51. The Balaban J connectivity index is 3.09. The monoisotopic (exact) mass is 228 g/mol. The maximum atomic E-state index is 5.45. The molecule has 1 nitrogen and oxygen atoms in total. The van der Waals surface area contributed by atoms with Crippen molar-refractivity contribution < 1.29 is 4.74 Å². The van der Waals surface area contributed by atoms with Gasteiger partial charge in [0.2, 0.25) is 0 Å². The van der Waals surface area contributed by atoms with Gasteiger partial charge in [-0.25, -0.2) is 0 Å². The van der Waals surface area contributed by atoms with Crippen molar-refractivity contribution in [2.75, 3.05) is 6.61 Å². The molecule has 2 heteroatoms. The van der Waals surface area contributed by atoms with E-state index in [0.29, 0.717) is 6.61 Å². The number of hydrogen-bond donors (Lipinski definition) is 0. The average molecular weight is 229 g/mol. The molecule has 0 amide bonds. The van der Waals surface area contributed by atoms with Gasteiger partial charge < -0.3 is 4.74 Å². The predicted octanol–water partition coefficient (Wildman–Crippen LogP) is 3.46. The molecule has 0 bridgehead atoms. The van der Waals surface area contributed by atoms with Crippen LogP contribution in [0.5, 0.6) is 5.75 Å². The minimum atomic E-state index is 0.710. The number of aryl methyl sites for hydroxylation is 2. The van der Waals surface area contributed by atoms with Crippen molar-refractivity contribution in [3.8, 4) is 5.75 Å². The fraction of sp³-hybridized carbons (Fsp3) is 0.400. The zero-order valence-corrected chi connectivity index (χ0v) is 9.23. The second-order valence-corrected chi connectivity index (χ2v) is 3.62. The van der Waals surface area contributed by atoms with Gasteiger partial charge in [0, 0.05) is 0 Å². The lowest BCUT2D eigenvalue weighted by Crippen LogP contribution is -1.94. The molecule has 66 valence electrons. The van der Waals surface area contributed by atoms with Crippen LogP contribution in [0.3, 0.4) is 0 Å². The van der Waals surface area contributed by atoms with Gasteiger partial charge in [-0.05, 0) is 53.9 Å². The lowest BCUT2D eigenvalue weighted by molar-refractivity contribution is 0.337. The summed E-state index contributed by atoms with van der Waals surface area (Å²) in [7, 11) is 0. The molecule has 1 rings (SSSR count). The van der Waals surface area contributed by atoms with E-state index in [9.17, 15) is 0 Å². The van der Waals surface area contributed by atoms with Crippen molar-refractivity contribution in [3.05, 3.63) is 27.7 Å². The standard InChI is InChI=1S/C10H13BrO/c1-4-12-9-6-7(2)5-8(3)10(9)11/h5-6H,4H2,1-3H3. The molecule has 0 saturated heterocycles. The van der Waals surface area contributed by atoms with Gasteiger partial charge in [-0.1, -0.05) is 6.07 Å². The predicted molar refractivity (Wildman–Crippen MR) is 54.8 cm³/mol. The SMILES string of the molecule is CCOc1cc(C)cc(C)c1Br. The molecular formula is C10H13BrO. The van der Waals surface area contributed by atoms with Crippen molar-refractivity contribution in [1.29, 1.82) is 0 Å². The highest BCUT2D eigenvalue weighted by atomic mass is 79.9. The topological polar surface area (TPSA) is 9.23 Å². The van der Waals surface area contributed by atoms with Crippen LogP contribution >= 0.6 is 15.9 Å². The fourth-order valence-electron chi connectivity index (χ4n) is 1.17. The number of hydrogen-bond acceptors (Lipinski definition) is 1. The molecule has 0 saturated carbocycles. The van der Waals surface area contributed by atoms with Gasteiger partial charge in [0.05, 0.1) is 11.1 Å². The summed E-state index contributed by atoms with van der Waals surface area (Å²) < 4.78 is 6.52. The smallest absolute Gasteiger partial charge is 0.133 e. The molecule has 0 aliphatic rings. The Bertz CT molecular complexity index is 281. The molecule has 0 N–H and O–H groups in total. The first-order chi connectivity index (χ1) is 5.65. The molecule has 0 aliphatic heterocycles. The first-order valence-corrected chi connectivity index (χ1v) is 4.84. The van der Waals surface area contributed by atoms with Crippen LogP contribution in [0.2, 0.25) is 0 Å². The molecule has 1 aromatic carbocycles. The van der Waals surface area contributed by atoms with E-state index in [1.807, 2.05) is 13.0 Å². The summed E-state index contributed by atoms with van der Waals surface area (Å²) in [6.45, 7) is 6.84. The first kappa shape index (κ1) is 9.59. The summed E-state index contributed by atoms with van der Waals surface area (Å²) in [6, 6.07) is 4.17. The van der Waals surface area contributed by atoms with Gasteiger partial charge in [0.25, 0.3) is 0 Å². The highest BCUT2D eigenvalue weighted by Gasteiger charge is 2.03. The van der Waals surface area contributed by atoms with E-state index in [1.165, 1.54) is 11.1 Å². The van der Waals surface area contributed by atoms with Crippen molar-refractivity contribution >= 4 is 15.9 Å². The highest BCUT2D eigenvalue weighted by molar-refractivity contribution is 9.10. The van der Waals surface area contributed by atoms with Gasteiger partial charge in [0.1, 0.15) is 5.75 Å². The van der Waals surface area contributed by atoms with Gasteiger partial charge in [-0.2, -0.15) is 0 Å². The zero-order chi connectivity index (χ0) is 9.14. The second kappa shape index (κ2) is 3.94. The number of rotatable bonds is 2. The molecule has 0 radical (unpaired) electrons. The van der Waals surface area contributed by atoms with E-state index < -0.39 is 0 Å². The largest absolute Gasteiger partial charge is 0.493 e. The summed E-state index contributed by atoms with van der Waals surface area (Å²) in [5, 5.41) is 0. The van der Waals surface area contributed by atoms with Crippen LogP contribution < -0.4 is 4.74 Å². The zero-order valence-electron chi connectivity index (χ0n) is 7.65. The number of halogens is 1. The van der Waals surface area contributed by atoms with Crippen LogP contribution in [0.1, 0.15) is 18.1 Å². The van der Waals surface area contributed by atoms with Crippen molar-refractivity contribution in [1.82, 2.24) is 0 Å². The van der Waals surface area contributed by atoms with Crippen molar-refractivity contribution in [2.24, 2.45) is 0 Å². The van der Waals surface area contributed by atoms with Crippen molar-refractivity contribution in [2.45, 2.75) is 20.8 Å². The Kier molecular flexibility index (Phi) is 3.15. The van der Waals surface area contributed by atoms with Crippen LogP contribution in [0.15, 0.2) is 16.6 Å². The number of ether oxygens (including phenoxy) is 1. The van der Waals surface area contributed by atoms with Crippen LogP contribution in [0.25, 0.3) is 0 Å². The van der Waals surface area contributed by atoms with Gasteiger partial charge >= 0.3 is 0 Å². The van der Waals surface area contributed by atoms with E-state index in [-0.39, 0.29) is 0 Å². The molecular weight excluding hydrogens is 216 g/mol. The Morgan fingerprint density at radius 1 is 1.33 bits per heavy atom. The Labute approximate surface area is 81.9 Å². The van der Waals surface area contributed by atoms with E-state index in [0.717, 1.165) is 10.2 Å². The molecule has 0 aromatic heterocycles. The summed E-state index contributed by atoms with van der Waals surface area (Å²) in [5.74, 6) is 0.940.